The third-order valence-electron chi connectivity index (χ3n) is 2.12. The highest BCUT2D eigenvalue weighted by molar-refractivity contribution is 7.09. The molecule has 17 heavy (non-hydrogen) atoms. The van der Waals surface area contributed by atoms with Gasteiger partial charge in [0.1, 0.15) is 16.5 Å². The molecule has 0 saturated heterocycles. The quantitative estimate of drug-likeness (QED) is 0.863. The number of rotatable bonds is 3. The highest BCUT2D eigenvalue weighted by Crippen LogP contribution is 2.11. The fourth-order valence-corrected chi connectivity index (χ4v) is 1.95. The van der Waals surface area contributed by atoms with Crippen molar-refractivity contribution in [3.05, 3.63) is 40.0 Å². The van der Waals surface area contributed by atoms with Crippen molar-refractivity contribution in [1.82, 2.24) is 9.97 Å². The Kier molecular flexibility index (Phi) is 3.46. The number of hydrogen-bond donors (Lipinski definition) is 2. The van der Waals surface area contributed by atoms with Crippen LogP contribution in [-0.4, -0.2) is 15.9 Å². The number of anilines is 1. The van der Waals surface area contributed by atoms with E-state index in [1.165, 1.54) is 11.3 Å². The SMILES string of the molecule is Cc1ccnc(NC(=O)c2csc(CN)n2)c1. The summed E-state index contributed by atoms with van der Waals surface area (Å²) < 4.78 is 0. The van der Waals surface area contributed by atoms with E-state index in [0.29, 0.717) is 18.1 Å². The number of hydrogen-bond acceptors (Lipinski definition) is 5. The molecule has 0 aliphatic heterocycles. The van der Waals surface area contributed by atoms with E-state index in [0.717, 1.165) is 10.6 Å². The van der Waals surface area contributed by atoms with Crippen molar-refractivity contribution < 1.29 is 4.79 Å². The Morgan fingerprint density at radius 2 is 2.41 bits per heavy atom. The van der Waals surface area contributed by atoms with Gasteiger partial charge in [0, 0.05) is 18.1 Å². The van der Waals surface area contributed by atoms with Crippen LogP contribution in [0.4, 0.5) is 5.82 Å². The molecule has 88 valence electrons. The van der Waals surface area contributed by atoms with E-state index >= 15 is 0 Å². The van der Waals surface area contributed by atoms with E-state index in [2.05, 4.69) is 15.3 Å². The van der Waals surface area contributed by atoms with Crippen LogP contribution in [0.25, 0.3) is 0 Å². The van der Waals surface area contributed by atoms with Crippen LogP contribution < -0.4 is 11.1 Å². The second-order valence-corrected chi connectivity index (χ2v) is 4.45. The number of thiazole rings is 1. The Bertz CT molecular complexity index is 538. The Morgan fingerprint density at radius 1 is 1.59 bits per heavy atom. The molecule has 0 unspecified atom stereocenters. The number of amides is 1. The van der Waals surface area contributed by atoms with Gasteiger partial charge in [0.15, 0.2) is 0 Å². The third kappa shape index (κ3) is 2.86. The van der Waals surface area contributed by atoms with E-state index < -0.39 is 0 Å². The van der Waals surface area contributed by atoms with Gasteiger partial charge in [-0.1, -0.05) is 0 Å². The van der Waals surface area contributed by atoms with E-state index in [1.807, 2.05) is 13.0 Å². The second kappa shape index (κ2) is 5.03. The molecule has 2 rings (SSSR count). The summed E-state index contributed by atoms with van der Waals surface area (Å²) in [7, 11) is 0. The zero-order chi connectivity index (χ0) is 12.3. The van der Waals surface area contributed by atoms with Crippen molar-refractivity contribution in [3.63, 3.8) is 0 Å². The summed E-state index contributed by atoms with van der Waals surface area (Å²) in [4.78, 5) is 20.0. The van der Waals surface area contributed by atoms with Gasteiger partial charge in [-0.15, -0.1) is 11.3 Å². The number of nitrogens with zero attached hydrogens (tertiary/aromatic N) is 2. The lowest BCUT2D eigenvalue weighted by molar-refractivity contribution is 0.102. The summed E-state index contributed by atoms with van der Waals surface area (Å²) in [5.74, 6) is 0.261. The van der Waals surface area contributed by atoms with Crippen LogP contribution in [-0.2, 0) is 6.54 Å². The molecule has 0 radical (unpaired) electrons. The molecular weight excluding hydrogens is 236 g/mol. The Labute approximate surface area is 103 Å². The standard InChI is InChI=1S/C11H12N4OS/c1-7-2-3-13-9(4-7)15-11(16)8-6-17-10(5-12)14-8/h2-4,6H,5,12H2,1H3,(H,13,15,16). The van der Waals surface area contributed by atoms with Crippen molar-refractivity contribution in [2.75, 3.05) is 5.32 Å². The van der Waals surface area contributed by atoms with E-state index in [9.17, 15) is 4.79 Å². The second-order valence-electron chi connectivity index (χ2n) is 3.50. The number of carbonyl (C=O) groups is 1. The van der Waals surface area contributed by atoms with Crippen LogP contribution in [0.5, 0.6) is 0 Å². The summed E-state index contributed by atoms with van der Waals surface area (Å²) in [5.41, 5.74) is 6.85. The third-order valence-corrected chi connectivity index (χ3v) is 2.99. The molecule has 6 heteroatoms. The summed E-state index contributed by atoms with van der Waals surface area (Å²) in [5, 5.41) is 5.12. The van der Waals surface area contributed by atoms with Crippen LogP contribution in [0.3, 0.4) is 0 Å². The Hall–Kier alpha value is -1.79. The number of nitrogens with one attached hydrogen (secondary N) is 1. The Morgan fingerprint density at radius 3 is 3.06 bits per heavy atom. The maximum Gasteiger partial charge on any atom is 0.276 e. The first-order valence-electron chi connectivity index (χ1n) is 5.07. The molecule has 2 aromatic heterocycles. The lowest BCUT2D eigenvalue weighted by Gasteiger charge is -2.02. The lowest BCUT2D eigenvalue weighted by Crippen LogP contribution is -2.13. The first kappa shape index (κ1) is 11.7. The van der Waals surface area contributed by atoms with Crippen LogP contribution in [0.2, 0.25) is 0 Å². The van der Waals surface area contributed by atoms with Gasteiger partial charge in [-0.2, -0.15) is 0 Å². The van der Waals surface area contributed by atoms with Crippen LogP contribution in [0, 0.1) is 6.92 Å². The van der Waals surface area contributed by atoms with E-state index in [1.54, 1.807) is 17.6 Å². The van der Waals surface area contributed by atoms with Crippen molar-refractivity contribution in [2.24, 2.45) is 5.73 Å². The van der Waals surface area contributed by atoms with Gasteiger partial charge in [-0.3, -0.25) is 4.79 Å². The first-order valence-corrected chi connectivity index (χ1v) is 5.95. The molecule has 5 nitrogen and oxygen atoms in total. The van der Waals surface area contributed by atoms with Gasteiger partial charge in [0.2, 0.25) is 0 Å². The molecular formula is C11H12N4OS. The van der Waals surface area contributed by atoms with Gasteiger partial charge in [-0.25, -0.2) is 9.97 Å². The van der Waals surface area contributed by atoms with Gasteiger partial charge in [0.05, 0.1) is 0 Å². The predicted molar refractivity (Wildman–Crippen MR) is 66.9 cm³/mol. The van der Waals surface area contributed by atoms with Crippen molar-refractivity contribution in [2.45, 2.75) is 13.5 Å². The molecule has 0 aliphatic rings. The van der Waals surface area contributed by atoms with E-state index in [4.69, 9.17) is 5.73 Å². The van der Waals surface area contributed by atoms with Crippen molar-refractivity contribution >= 4 is 23.1 Å². The Balaban J connectivity index is 2.11. The molecule has 0 atom stereocenters. The van der Waals surface area contributed by atoms with Crippen molar-refractivity contribution in [1.29, 1.82) is 0 Å². The van der Waals surface area contributed by atoms with Gasteiger partial charge < -0.3 is 11.1 Å². The maximum absolute atomic E-state index is 11.8. The summed E-state index contributed by atoms with van der Waals surface area (Å²) >= 11 is 1.37. The van der Waals surface area contributed by atoms with Crippen LogP contribution in [0.1, 0.15) is 21.1 Å². The fraction of sp³-hybridized carbons (Fsp3) is 0.182. The molecule has 1 amide bonds. The molecule has 0 spiro atoms. The number of carbonyl (C=O) groups excluding carboxylic acids is 1. The largest absolute Gasteiger partial charge is 0.325 e. The van der Waals surface area contributed by atoms with Gasteiger partial charge in [-0.05, 0) is 24.6 Å². The van der Waals surface area contributed by atoms with Crippen molar-refractivity contribution in [3.8, 4) is 0 Å². The fourth-order valence-electron chi connectivity index (χ4n) is 1.29. The molecule has 3 N–H and O–H groups in total. The minimum absolute atomic E-state index is 0.265. The number of aromatic nitrogens is 2. The minimum atomic E-state index is -0.265. The average Bonchev–Trinajstić information content (AvgIpc) is 2.77. The first-order chi connectivity index (χ1) is 8.19. The summed E-state index contributed by atoms with van der Waals surface area (Å²) in [6.07, 6.45) is 1.65. The van der Waals surface area contributed by atoms with Gasteiger partial charge in [0.25, 0.3) is 5.91 Å². The summed E-state index contributed by atoms with van der Waals surface area (Å²) in [6.45, 7) is 2.29. The maximum atomic E-state index is 11.8. The van der Waals surface area contributed by atoms with E-state index in [-0.39, 0.29) is 5.91 Å². The molecule has 0 bridgehead atoms. The monoisotopic (exact) mass is 248 g/mol. The highest BCUT2D eigenvalue weighted by atomic mass is 32.1. The smallest absolute Gasteiger partial charge is 0.276 e. The number of aryl methyl sites for hydroxylation is 1. The summed E-state index contributed by atoms with van der Waals surface area (Å²) in [6, 6.07) is 3.67. The average molecular weight is 248 g/mol. The molecule has 0 aromatic carbocycles. The normalized spacial score (nSPS) is 10.2. The van der Waals surface area contributed by atoms with Gasteiger partial charge >= 0.3 is 0 Å². The lowest BCUT2D eigenvalue weighted by atomic mass is 10.3. The zero-order valence-corrected chi connectivity index (χ0v) is 10.1. The zero-order valence-electron chi connectivity index (χ0n) is 9.30. The van der Waals surface area contributed by atoms with Crippen LogP contribution >= 0.6 is 11.3 Å². The predicted octanol–water partition coefficient (Wildman–Crippen LogP) is 1.56. The number of pyridine rings is 1. The molecule has 2 heterocycles. The molecule has 0 saturated carbocycles. The molecule has 0 aliphatic carbocycles. The minimum Gasteiger partial charge on any atom is -0.325 e. The number of nitrogens with two attached hydrogens (primary N) is 1. The van der Waals surface area contributed by atoms with Crippen LogP contribution in [0.15, 0.2) is 23.7 Å². The molecule has 0 fully saturated rings. The molecule has 2 aromatic rings. The highest BCUT2D eigenvalue weighted by Gasteiger charge is 2.10. The topological polar surface area (TPSA) is 80.9 Å².